The molecule has 2 aliphatic carbocycles. The van der Waals surface area contributed by atoms with Gasteiger partial charge >= 0.3 is 191 Å². The van der Waals surface area contributed by atoms with E-state index < -0.39 is 20.4 Å². The molecule has 0 bridgehead atoms. The van der Waals surface area contributed by atoms with Crippen LogP contribution < -0.4 is 24.8 Å². The molecule has 0 heterocycles. The first-order chi connectivity index (χ1) is 14.4. The number of allylic oxidation sites excluding steroid dienone is 8. The Kier molecular flexibility index (Phi) is 9.80. The van der Waals surface area contributed by atoms with Gasteiger partial charge in [-0.2, -0.15) is 0 Å². The Hall–Kier alpha value is -0.920. The average Bonchev–Trinajstić information content (AvgIpc) is 3.27. The molecule has 0 spiro atoms. The van der Waals surface area contributed by atoms with Crippen LogP contribution in [-0.4, -0.2) is 5.43 Å². The maximum atomic E-state index is 2.58. The van der Waals surface area contributed by atoms with Gasteiger partial charge in [0.1, 0.15) is 0 Å². The topological polar surface area (TPSA) is 0 Å². The summed E-state index contributed by atoms with van der Waals surface area (Å²) in [7, 11) is 0. The van der Waals surface area contributed by atoms with E-state index in [1.807, 2.05) is 6.56 Å². The van der Waals surface area contributed by atoms with Crippen LogP contribution in [0.5, 0.6) is 0 Å². The van der Waals surface area contributed by atoms with Crippen LogP contribution in [-0.2, 0) is 20.4 Å². The molecular formula is C28H32Cl2SiZr. The molecule has 0 amide bonds. The molecule has 0 atom stereocenters. The third-order valence-electron chi connectivity index (χ3n) is 6.56. The Morgan fingerprint density at radius 3 is 1.25 bits per heavy atom. The smallest absolute Gasteiger partial charge is 1.00 e. The van der Waals surface area contributed by atoms with Crippen molar-refractivity contribution in [1.82, 2.24) is 0 Å². The Bertz CT molecular complexity index is 1070. The van der Waals surface area contributed by atoms with E-state index in [-0.39, 0.29) is 30.2 Å². The average molecular weight is 559 g/mol. The Labute approximate surface area is 214 Å². The predicted octanol–water partition coefficient (Wildman–Crippen LogP) is 2.00. The van der Waals surface area contributed by atoms with Gasteiger partial charge in [0.15, 0.2) is 0 Å². The fraction of sp³-hybridized carbons (Fsp3) is 0.286. The number of aryl methyl sites for hydroxylation is 2. The first kappa shape index (κ1) is 27.3. The van der Waals surface area contributed by atoms with E-state index in [2.05, 4.69) is 101 Å². The van der Waals surface area contributed by atoms with Crippen molar-refractivity contribution in [2.75, 3.05) is 0 Å². The van der Waals surface area contributed by atoms with E-state index >= 15 is 0 Å². The second kappa shape index (κ2) is 11.5. The molecule has 4 heteroatoms. The molecule has 0 radical (unpaired) electrons. The van der Waals surface area contributed by atoms with Crippen LogP contribution in [0.1, 0.15) is 48.9 Å². The van der Waals surface area contributed by atoms with Crippen molar-refractivity contribution in [2.24, 2.45) is 0 Å². The van der Waals surface area contributed by atoms with E-state index in [4.69, 9.17) is 0 Å². The van der Waals surface area contributed by atoms with Crippen LogP contribution in [0.15, 0.2) is 78.4 Å². The molecular weight excluding hydrogens is 527 g/mol. The minimum Gasteiger partial charge on any atom is -1.00 e. The zero-order valence-electron chi connectivity index (χ0n) is 19.9. The number of benzene rings is 2. The van der Waals surface area contributed by atoms with Gasteiger partial charge < -0.3 is 24.8 Å². The van der Waals surface area contributed by atoms with Crippen LogP contribution in [0.3, 0.4) is 0 Å². The van der Waals surface area contributed by atoms with Crippen LogP contribution in [0.25, 0.3) is 11.1 Å². The van der Waals surface area contributed by atoms with Gasteiger partial charge in [-0.1, -0.05) is 0 Å². The maximum Gasteiger partial charge on any atom is -1.00 e. The molecule has 0 aliphatic heterocycles. The first-order valence-electron chi connectivity index (χ1n) is 11.0. The van der Waals surface area contributed by atoms with Crippen LogP contribution in [0, 0.1) is 13.8 Å². The Morgan fingerprint density at radius 2 is 0.938 bits per heavy atom. The van der Waals surface area contributed by atoms with E-state index in [0.29, 0.717) is 0 Å². The molecule has 0 aromatic heterocycles. The van der Waals surface area contributed by atoms with Crippen LogP contribution >= 0.6 is 0 Å². The third kappa shape index (κ3) is 5.41. The molecule has 0 fully saturated rings. The summed E-state index contributed by atoms with van der Waals surface area (Å²) >= 11 is -1.84. The zero-order valence-corrected chi connectivity index (χ0v) is 24.9. The fourth-order valence-corrected chi connectivity index (χ4v) is 23.3. The molecule has 166 valence electrons. The van der Waals surface area contributed by atoms with Crippen molar-refractivity contribution in [3.8, 4) is 0 Å². The van der Waals surface area contributed by atoms with Crippen molar-refractivity contribution in [3.63, 3.8) is 0 Å². The summed E-state index contributed by atoms with van der Waals surface area (Å²) in [6.45, 7) is 14.3. The summed E-state index contributed by atoms with van der Waals surface area (Å²) in [6, 6.07) is 18.2. The van der Waals surface area contributed by atoms with Crippen molar-refractivity contribution in [1.29, 1.82) is 0 Å². The largest absolute Gasteiger partial charge is 1.00 e. The summed E-state index contributed by atoms with van der Waals surface area (Å²) in [5, 5.41) is 0. The van der Waals surface area contributed by atoms with E-state index in [9.17, 15) is 0 Å². The number of halogens is 2. The normalized spacial score (nSPS) is 14.9. The Balaban J connectivity index is 0.00000181. The molecule has 0 nitrogen and oxygen atoms in total. The standard InChI is InChI=1S/2C13H13.C2H6Si.2ClH.Zr/c2*1-10-6-8-12(9-7-10)13-5-3-4-11(13)2;1-3-2;;;/h2*5-9H,3H2,1-2H3;1-2H3;2*1H;/q;;;;;+2/p-2. The molecule has 32 heavy (non-hydrogen) atoms. The number of rotatable bonds is 4. The number of hydrogen-bond acceptors (Lipinski definition) is 0. The summed E-state index contributed by atoms with van der Waals surface area (Å²) in [6.07, 6.45) is 7.41. The summed E-state index contributed by atoms with van der Waals surface area (Å²) in [5.74, 6) is 0. The van der Waals surface area contributed by atoms with Crippen molar-refractivity contribution >= 4 is 16.6 Å². The first-order valence-corrected chi connectivity index (χ1v) is 19.6. The number of hydrogen-bond donors (Lipinski definition) is 0. The van der Waals surface area contributed by atoms with Gasteiger partial charge in [-0.25, -0.2) is 0 Å². The van der Waals surface area contributed by atoms with E-state index in [0.717, 1.165) is 0 Å². The van der Waals surface area contributed by atoms with Gasteiger partial charge in [0.25, 0.3) is 0 Å². The molecule has 0 unspecified atom stereocenters. The van der Waals surface area contributed by atoms with Crippen molar-refractivity contribution in [3.05, 3.63) is 101 Å². The summed E-state index contributed by atoms with van der Waals surface area (Å²) in [5.41, 5.74) is 11.3. The van der Waals surface area contributed by atoms with Gasteiger partial charge in [-0.15, -0.1) is 0 Å². The van der Waals surface area contributed by atoms with Gasteiger partial charge in [-0.05, 0) is 0 Å². The quantitative estimate of drug-likeness (QED) is 0.504. The molecule has 2 aliphatic rings. The van der Waals surface area contributed by atoms with Crippen molar-refractivity contribution < 1.29 is 45.2 Å². The monoisotopic (exact) mass is 556 g/mol. The minimum absolute atomic E-state index is 0. The maximum absolute atomic E-state index is 2.58. The second-order valence-electron chi connectivity index (χ2n) is 8.96. The fourth-order valence-electron chi connectivity index (χ4n) is 4.85. The van der Waals surface area contributed by atoms with Crippen LogP contribution in [0.4, 0.5) is 0 Å². The summed E-state index contributed by atoms with van der Waals surface area (Å²) in [4.78, 5) is 0. The summed E-state index contributed by atoms with van der Waals surface area (Å²) < 4.78 is 3.72. The molecule has 0 saturated carbocycles. The SMILES string of the molecule is CC1=[C]([Zr+2]([C]2=C(C)C(c3ccc(C)cc3)=CC2)=[Si](C)C)CC=C1c1ccc(C)cc1.[Cl-].[Cl-]. The van der Waals surface area contributed by atoms with E-state index in [1.54, 1.807) is 11.1 Å². The van der Waals surface area contributed by atoms with Crippen LogP contribution in [0.2, 0.25) is 13.1 Å². The molecule has 0 saturated heterocycles. The zero-order chi connectivity index (χ0) is 21.4. The molecule has 2 aromatic carbocycles. The van der Waals surface area contributed by atoms with Crippen molar-refractivity contribution in [2.45, 2.75) is 53.6 Å². The molecule has 2 aromatic rings. The molecule has 4 rings (SSSR count). The van der Waals surface area contributed by atoms with E-state index in [1.165, 1.54) is 46.2 Å². The minimum atomic E-state index is -1.84. The van der Waals surface area contributed by atoms with Gasteiger partial charge in [0.05, 0.1) is 0 Å². The second-order valence-corrected chi connectivity index (χ2v) is 26.1. The van der Waals surface area contributed by atoms with Gasteiger partial charge in [0, 0.05) is 0 Å². The predicted molar refractivity (Wildman–Crippen MR) is 130 cm³/mol. The Morgan fingerprint density at radius 1 is 0.594 bits per heavy atom. The third-order valence-corrected chi connectivity index (χ3v) is 24.3. The van der Waals surface area contributed by atoms with Gasteiger partial charge in [0.2, 0.25) is 0 Å². The molecule has 0 N–H and O–H groups in total. The van der Waals surface area contributed by atoms with Gasteiger partial charge in [-0.3, -0.25) is 0 Å².